The van der Waals surface area contributed by atoms with E-state index >= 15 is 0 Å². The van der Waals surface area contributed by atoms with E-state index in [9.17, 15) is 16.8 Å². The summed E-state index contributed by atoms with van der Waals surface area (Å²) in [5.41, 5.74) is 2.67. The number of hydrogen-bond donors (Lipinski definition) is 1. The van der Waals surface area contributed by atoms with E-state index in [1.54, 1.807) is 63.4 Å². The van der Waals surface area contributed by atoms with Gasteiger partial charge in [0.2, 0.25) is 10.0 Å². The Balaban J connectivity index is 2.27. The molecule has 0 radical (unpaired) electrons. The Morgan fingerprint density at radius 3 is 2.24 bits per heavy atom. The number of rotatable bonds is 8. The van der Waals surface area contributed by atoms with E-state index < -0.39 is 24.6 Å². The van der Waals surface area contributed by atoms with E-state index in [0.29, 0.717) is 40.3 Å². The summed E-state index contributed by atoms with van der Waals surface area (Å²) in [4.78, 5) is 4.45. The van der Waals surface area contributed by atoms with E-state index in [-0.39, 0.29) is 16.4 Å². The Kier molecular flexibility index (Phi) is 6.92. The molecule has 0 amide bonds. The van der Waals surface area contributed by atoms with Gasteiger partial charge >= 0.3 is 0 Å². The molecule has 0 aliphatic rings. The minimum absolute atomic E-state index is 0.0115. The number of anilines is 1. The Bertz CT molecular complexity index is 1440. The molecule has 0 atom stereocenters. The van der Waals surface area contributed by atoms with Gasteiger partial charge in [0.05, 0.1) is 42.3 Å². The lowest BCUT2D eigenvalue weighted by molar-refractivity contribution is 0.401. The minimum Gasteiger partial charge on any atom is -0.496 e. The van der Waals surface area contributed by atoms with Gasteiger partial charge in [-0.25, -0.2) is 21.8 Å². The van der Waals surface area contributed by atoms with Crippen molar-refractivity contribution < 1.29 is 26.3 Å². The molecule has 0 aliphatic carbocycles. The molecule has 0 unspecified atom stereocenters. The number of sulfonamides is 1. The van der Waals surface area contributed by atoms with Crippen molar-refractivity contribution in [3.8, 4) is 22.8 Å². The largest absolute Gasteiger partial charge is 0.496 e. The monoisotopic (exact) mass is 509 g/mol. The van der Waals surface area contributed by atoms with Gasteiger partial charge in [-0.15, -0.1) is 0 Å². The quantitative estimate of drug-likeness (QED) is 0.487. The topological polar surface area (TPSA) is 116 Å². The maximum Gasteiger partial charge on any atom is 0.232 e. The van der Waals surface area contributed by atoms with E-state index in [4.69, 9.17) is 9.47 Å². The highest BCUT2D eigenvalue weighted by molar-refractivity contribution is 7.93. The van der Waals surface area contributed by atoms with Gasteiger partial charge in [-0.1, -0.05) is 6.92 Å². The number of pyridine rings is 1. The smallest absolute Gasteiger partial charge is 0.232 e. The van der Waals surface area contributed by atoms with Crippen molar-refractivity contribution in [2.24, 2.45) is 0 Å². The van der Waals surface area contributed by atoms with Crippen LogP contribution in [-0.2, 0) is 19.9 Å². The SMILES string of the molecule is CCCS(=O)(=O)Nc1cc(-c2cnc3cc(OC)c(S(=O)(=O)C(C)(C)C)cn23)cc(OC)c1C. The van der Waals surface area contributed by atoms with Crippen molar-refractivity contribution >= 4 is 31.2 Å². The van der Waals surface area contributed by atoms with Crippen LogP contribution in [-0.4, -0.2) is 50.9 Å². The maximum atomic E-state index is 13.3. The molecule has 0 spiro atoms. The Hall–Kier alpha value is -2.79. The van der Waals surface area contributed by atoms with E-state index in [1.807, 2.05) is 0 Å². The van der Waals surface area contributed by atoms with E-state index in [2.05, 4.69) is 9.71 Å². The Morgan fingerprint density at radius 2 is 1.68 bits per heavy atom. The molecule has 9 nitrogen and oxygen atoms in total. The first-order valence-corrected chi connectivity index (χ1v) is 13.9. The molecule has 0 saturated carbocycles. The summed E-state index contributed by atoms with van der Waals surface area (Å²) < 4.78 is 65.5. The van der Waals surface area contributed by atoms with Gasteiger partial charge in [-0.3, -0.25) is 9.12 Å². The zero-order valence-electron chi connectivity index (χ0n) is 20.5. The highest BCUT2D eigenvalue weighted by atomic mass is 32.2. The van der Waals surface area contributed by atoms with Crippen LogP contribution in [0.1, 0.15) is 39.7 Å². The first-order valence-electron chi connectivity index (χ1n) is 10.7. The normalized spacial score (nSPS) is 12.7. The molecule has 3 rings (SSSR count). The van der Waals surface area contributed by atoms with Crippen LogP contribution in [0, 0.1) is 6.92 Å². The molecule has 0 fully saturated rings. The van der Waals surface area contributed by atoms with Crippen LogP contribution in [0.2, 0.25) is 0 Å². The van der Waals surface area contributed by atoms with Crippen LogP contribution in [0.25, 0.3) is 16.9 Å². The fourth-order valence-electron chi connectivity index (χ4n) is 3.53. The molecule has 1 N–H and O–H groups in total. The number of nitrogens with one attached hydrogen (secondary N) is 1. The second-order valence-electron chi connectivity index (χ2n) is 8.97. The molecule has 0 saturated heterocycles. The first kappa shape index (κ1) is 25.8. The van der Waals surface area contributed by atoms with Gasteiger partial charge in [0, 0.05) is 23.4 Å². The number of methoxy groups -OCH3 is 2. The summed E-state index contributed by atoms with van der Waals surface area (Å²) in [5.74, 6) is 0.675. The average molecular weight is 510 g/mol. The molecular weight excluding hydrogens is 478 g/mol. The lowest BCUT2D eigenvalue weighted by atomic mass is 10.1. The molecule has 0 bridgehead atoms. The standard InChI is InChI=1S/C23H31N3O6S2/c1-8-9-33(27,28)25-17-10-16(11-19(31-6)15(17)2)18-13-24-22-12-20(32-7)21(14-26(18)22)34(29,30)23(3,4)5/h10-14,25H,8-9H2,1-7H3. The van der Waals surface area contributed by atoms with Crippen molar-refractivity contribution in [2.75, 3.05) is 24.7 Å². The summed E-state index contributed by atoms with van der Waals surface area (Å²) in [6, 6.07) is 5.02. The zero-order chi connectivity index (χ0) is 25.5. The highest BCUT2D eigenvalue weighted by Gasteiger charge is 2.34. The molecular formula is C23H31N3O6S2. The predicted octanol–water partition coefficient (Wildman–Crippen LogP) is 4.05. The summed E-state index contributed by atoms with van der Waals surface area (Å²) >= 11 is 0. The summed E-state index contributed by atoms with van der Waals surface area (Å²) in [6.45, 7) is 8.43. The highest BCUT2D eigenvalue weighted by Crippen LogP contribution is 2.37. The lowest BCUT2D eigenvalue weighted by Gasteiger charge is -2.21. The van der Waals surface area contributed by atoms with Crippen LogP contribution in [0.5, 0.6) is 11.5 Å². The van der Waals surface area contributed by atoms with Gasteiger partial charge in [-0.05, 0) is 46.2 Å². The van der Waals surface area contributed by atoms with Crippen LogP contribution < -0.4 is 14.2 Å². The van der Waals surface area contributed by atoms with Crippen molar-refractivity contribution in [3.63, 3.8) is 0 Å². The fourth-order valence-corrected chi connectivity index (χ4v) is 6.03. The zero-order valence-corrected chi connectivity index (χ0v) is 22.1. The molecule has 2 aromatic heterocycles. The van der Waals surface area contributed by atoms with Crippen LogP contribution in [0.4, 0.5) is 5.69 Å². The number of nitrogens with zero attached hydrogens (tertiary/aromatic N) is 2. The molecule has 186 valence electrons. The van der Waals surface area contributed by atoms with Crippen LogP contribution >= 0.6 is 0 Å². The minimum atomic E-state index is -3.74. The number of aromatic nitrogens is 2. The predicted molar refractivity (Wildman–Crippen MR) is 133 cm³/mol. The average Bonchev–Trinajstić information content (AvgIpc) is 3.16. The maximum absolute atomic E-state index is 13.3. The molecule has 2 heterocycles. The second-order valence-corrected chi connectivity index (χ2v) is 13.5. The Labute approximate surface area is 201 Å². The van der Waals surface area contributed by atoms with Crippen molar-refractivity contribution in [3.05, 3.63) is 36.2 Å². The van der Waals surface area contributed by atoms with Gasteiger partial charge in [0.1, 0.15) is 22.0 Å². The summed E-state index contributed by atoms with van der Waals surface area (Å²) in [5, 5.41) is 0. The van der Waals surface area contributed by atoms with Crippen molar-refractivity contribution in [2.45, 2.75) is 50.7 Å². The van der Waals surface area contributed by atoms with Crippen LogP contribution in [0.15, 0.2) is 35.5 Å². The van der Waals surface area contributed by atoms with Crippen molar-refractivity contribution in [1.82, 2.24) is 9.38 Å². The van der Waals surface area contributed by atoms with Gasteiger partial charge < -0.3 is 9.47 Å². The number of hydrogen-bond acceptors (Lipinski definition) is 7. The van der Waals surface area contributed by atoms with E-state index in [0.717, 1.165) is 0 Å². The van der Waals surface area contributed by atoms with Gasteiger partial charge in [0.25, 0.3) is 0 Å². The second kappa shape index (κ2) is 9.10. The third-order valence-electron chi connectivity index (χ3n) is 5.50. The van der Waals surface area contributed by atoms with Crippen molar-refractivity contribution in [1.29, 1.82) is 0 Å². The van der Waals surface area contributed by atoms with Crippen LogP contribution in [0.3, 0.4) is 0 Å². The number of ether oxygens (including phenoxy) is 2. The lowest BCUT2D eigenvalue weighted by Crippen LogP contribution is -2.28. The Morgan fingerprint density at radius 1 is 1.03 bits per heavy atom. The molecule has 34 heavy (non-hydrogen) atoms. The fraction of sp³-hybridized carbons (Fsp3) is 0.435. The molecule has 11 heteroatoms. The molecule has 3 aromatic rings. The van der Waals surface area contributed by atoms with E-state index in [1.165, 1.54) is 20.4 Å². The summed E-state index contributed by atoms with van der Waals surface area (Å²) in [6.07, 6.45) is 3.56. The number of benzene rings is 1. The third-order valence-corrected chi connectivity index (χ3v) is 9.48. The summed E-state index contributed by atoms with van der Waals surface area (Å²) in [7, 11) is -4.35. The molecule has 1 aromatic carbocycles. The third kappa shape index (κ3) is 4.72. The molecule has 0 aliphatic heterocycles. The van der Waals surface area contributed by atoms with Gasteiger partial charge in [0.15, 0.2) is 9.84 Å². The number of sulfone groups is 1. The number of fused-ring (bicyclic) bond motifs is 1. The first-order chi connectivity index (χ1) is 15.8. The van der Waals surface area contributed by atoms with Gasteiger partial charge in [-0.2, -0.15) is 0 Å². The number of imidazole rings is 1.